The number of hydrogen-bond donors (Lipinski definition) is 3. The fraction of sp³-hybridized carbons (Fsp3) is 0.286. The van der Waals surface area contributed by atoms with E-state index in [9.17, 15) is 14.4 Å². The largest absolute Gasteiger partial charge is 0.495 e. The molecular formula is C21H25N3O5. The van der Waals surface area contributed by atoms with Crippen LogP contribution in [-0.4, -0.2) is 30.6 Å². The van der Waals surface area contributed by atoms with Gasteiger partial charge in [-0.15, -0.1) is 0 Å². The molecule has 2 aromatic carbocycles. The number of rotatable bonds is 5. The van der Waals surface area contributed by atoms with Crippen molar-refractivity contribution in [1.29, 1.82) is 0 Å². The average Bonchev–Trinajstić information content (AvgIpc) is 2.60. The van der Waals surface area contributed by atoms with Gasteiger partial charge in [0.2, 0.25) is 5.91 Å². The highest BCUT2D eigenvalue weighted by atomic mass is 16.6. The molecule has 0 saturated carbocycles. The lowest BCUT2D eigenvalue weighted by Gasteiger charge is -2.19. The third kappa shape index (κ3) is 6.84. The zero-order valence-electron chi connectivity index (χ0n) is 17.1. The van der Waals surface area contributed by atoms with E-state index in [0.717, 1.165) is 0 Å². The van der Waals surface area contributed by atoms with Gasteiger partial charge in [0.1, 0.15) is 11.4 Å². The summed E-state index contributed by atoms with van der Waals surface area (Å²) in [5, 5.41) is 8.01. The normalized spacial score (nSPS) is 10.7. The van der Waals surface area contributed by atoms with E-state index in [2.05, 4.69) is 16.0 Å². The van der Waals surface area contributed by atoms with Crippen LogP contribution in [0, 0.1) is 0 Å². The summed E-state index contributed by atoms with van der Waals surface area (Å²) in [5.74, 6) is -0.108. The minimum absolute atomic E-state index is 0.250. The van der Waals surface area contributed by atoms with Crippen molar-refractivity contribution in [1.82, 2.24) is 0 Å². The molecule has 2 rings (SSSR count). The Morgan fingerprint density at radius 1 is 0.862 bits per heavy atom. The Balaban J connectivity index is 2.06. The van der Waals surface area contributed by atoms with Gasteiger partial charge in [0, 0.05) is 23.9 Å². The molecule has 0 unspecified atom stereocenters. The maximum Gasteiger partial charge on any atom is 0.412 e. The van der Waals surface area contributed by atoms with E-state index in [1.165, 1.54) is 14.0 Å². The number of hydrogen-bond acceptors (Lipinski definition) is 5. The third-order valence-electron chi connectivity index (χ3n) is 3.56. The van der Waals surface area contributed by atoms with Gasteiger partial charge >= 0.3 is 6.09 Å². The van der Waals surface area contributed by atoms with Crippen molar-refractivity contribution >= 4 is 35.0 Å². The van der Waals surface area contributed by atoms with E-state index in [1.54, 1.807) is 63.2 Å². The Morgan fingerprint density at radius 2 is 1.48 bits per heavy atom. The molecule has 0 atom stereocenters. The third-order valence-corrected chi connectivity index (χ3v) is 3.56. The lowest BCUT2D eigenvalue weighted by Crippen LogP contribution is -2.27. The zero-order chi connectivity index (χ0) is 21.6. The van der Waals surface area contributed by atoms with Gasteiger partial charge in [-0.3, -0.25) is 14.9 Å². The monoisotopic (exact) mass is 399 g/mol. The lowest BCUT2D eigenvalue weighted by atomic mass is 10.2. The number of nitrogens with one attached hydrogen (secondary N) is 3. The molecule has 0 spiro atoms. The summed E-state index contributed by atoms with van der Waals surface area (Å²) >= 11 is 0. The first-order chi connectivity index (χ1) is 13.6. The van der Waals surface area contributed by atoms with Gasteiger partial charge in [-0.05, 0) is 63.2 Å². The number of anilines is 3. The van der Waals surface area contributed by atoms with Gasteiger partial charge in [-0.2, -0.15) is 0 Å². The van der Waals surface area contributed by atoms with Gasteiger partial charge in [0.25, 0.3) is 5.91 Å². The van der Waals surface area contributed by atoms with Crippen LogP contribution in [0.2, 0.25) is 0 Å². The fourth-order valence-electron chi connectivity index (χ4n) is 2.40. The average molecular weight is 399 g/mol. The summed E-state index contributed by atoms with van der Waals surface area (Å²) in [6, 6.07) is 11.3. The summed E-state index contributed by atoms with van der Waals surface area (Å²) in [6.45, 7) is 6.71. The van der Waals surface area contributed by atoms with Gasteiger partial charge in [0.05, 0.1) is 12.8 Å². The molecular weight excluding hydrogens is 374 g/mol. The molecule has 0 radical (unpaired) electrons. The molecule has 0 aliphatic heterocycles. The van der Waals surface area contributed by atoms with Crippen LogP contribution in [0.5, 0.6) is 5.75 Å². The first-order valence-corrected chi connectivity index (χ1v) is 8.94. The smallest absolute Gasteiger partial charge is 0.412 e. The van der Waals surface area contributed by atoms with Crippen molar-refractivity contribution in [3.8, 4) is 5.75 Å². The highest BCUT2D eigenvalue weighted by molar-refractivity contribution is 6.05. The molecule has 3 N–H and O–H groups in total. The standard InChI is InChI=1S/C21H25N3O5/c1-13(25)22-17-12-16(10-11-18(17)28-5)23-19(26)14-6-8-15(9-7-14)24-20(27)29-21(2,3)4/h6-12H,1-5H3,(H,22,25)(H,23,26)(H,24,27). The molecule has 8 nitrogen and oxygen atoms in total. The molecule has 154 valence electrons. The second kappa shape index (κ2) is 9.09. The van der Waals surface area contributed by atoms with Crippen molar-refractivity contribution in [3.05, 3.63) is 48.0 Å². The van der Waals surface area contributed by atoms with Crippen LogP contribution in [0.15, 0.2) is 42.5 Å². The topological polar surface area (TPSA) is 106 Å². The number of methoxy groups -OCH3 is 1. The molecule has 0 bridgehead atoms. The number of amides is 3. The molecule has 0 aromatic heterocycles. The molecule has 0 aliphatic rings. The summed E-state index contributed by atoms with van der Waals surface area (Å²) in [5.41, 5.74) is 1.26. The number of carbonyl (C=O) groups excluding carboxylic acids is 3. The van der Waals surface area contributed by atoms with Crippen LogP contribution >= 0.6 is 0 Å². The zero-order valence-corrected chi connectivity index (χ0v) is 17.1. The maximum atomic E-state index is 12.5. The lowest BCUT2D eigenvalue weighted by molar-refractivity contribution is -0.114. The van der Waals surface area contributed by atoms with E-state index >= 15 is 0 Å². The molecule has 0 fully saturated rings. The van der Waals surface area contributed by atoms with Crippen LogP contribution < -0.4 is 20.7 Å². The Morgan fingerprint density at radius 3 is 2.03 bits per heavy atom. The Labute approximate surface area is 169 Å². The molecule has 8 heteroatoms. The highest BCUT2D eigenvalue weighted by Gasteiger charge is 2.16. The first-order valence-electron chi connectivity index (χ1n) is 8.94. The van der Waals surface area contributed by atoms with E-state index in [4.69, 9.17) is 9.47 Å². The van der Waals surface area contributed by atoms with Crippen molar-refractivity contribution in [3.63, 3.8) is 0 Å². The van der Waals surface area contributed by atoms with Crippen LogP contribution in [0.4, 0.5) is 21.9 Å². The van der Waals surface area contributed by atoms with Crippen LogP contribution in [-0.2, 0) is 9.53 Å². The second-order valence-corrected chi connectivity index (χ2v) is 7.25. The van der Waals surface area contributed by atoms with Crippen molar-refractivity contribution in [2.45, 2.75) is 33.3 Å². The minimum Gasteiger partial charge on any atom is -0.495 e. The van der Waals surface area contributed by atoms with Crippen molar-refractivity contribution in [2.24, 2.45) is 0 Å². The van der Waals surface area contributed by atoms with E-state index in [0.29, 0.717) is 28.4 Å². The predicted molar refractivity (Wildman–Crippen MR) is 112 cm³/mol. The van der Waals surface area contributed by atoms with Gasteiger partial charge in [-0.1, -0.05) is 0 Å². The summed E-state index contributed by atoms with van der Waals surface area (Å²) < 4.78 is 10.4. The predicted octanol–water partition coefficient (Wildman–Crippen LogP) is 4.25. The first kappa shape index (κ1) is 21.7. The molecule has 0 aliphatic carbocycles. The van der Waals surface area contributed by atoms with E-state index < -0.39 is 11.7 Å². The molecule has 29 heavy (non-hydrogen) atoms. The van der Waals surface area contributed by atoms with Crippen molar-refractivity contribution in [2.75, 3.05) is 23.1 Å². The Kier molecular flexibility index (Phi) is 6.82. The van der Waals surface area contributed by atoms with Gasteiger partial charge in [0.15, 0.2) is 0 Å². The summed E-state index contributed by atoms with van der Waals surface area (Å²) in [6.07, 6.45) is -0.571. The SMILES string of the molecule is COc1ccc(NC(=O)c2ccc(NC(=O)OC(C)(C)C)cc2)cc1NC(C)=O. The van der Waals surface area contributed by atoms with Crippen LogP contribution in [0.3, 0.4) is 0 Å². The minimum atomic E-state index is -0.599. The molecule has 3 amide bonds. The Bertz CT molecular complexity index is 902. The van der Waals surface area contributed by atoms with Crippen molar-refractivity contribution < 1.29 is 23.9 Å². The molecule has 2 aromatic rings. The van der Waals surface area contributed by atoms with Gasteiger partial charge in [-0.25, -0.2) is 4.79 Å². The number of ether oxygens (including phenoxy) is 2. The van der Waals surface area contributed by atoms with Crippen LogP contribution in [0.1, 0.15) is 38.1 Å². The number of carbonyl (C=O) groups is 3. The number of benzene rings is 2. The maximum absolute atomic E-state index is 12.5. The summed E-state index contributed by atoms with van der Waals surface area (Å²) in [7, 11) is 1.49. The van der Waals surface area contributed by atoms with E-state index in [1.807, 2.05) is 0 Å². The fourth-order valence-corrected chi connectivity index (χ4v) is 2.40. The summed E-state index contributed by atoms with van der Waals surface area (Å²) in [4.78, 5) is 35.6. The van der Waals surface area contributed by atoms with E-state index in [-0.39, 0.29) is 11.8 Å². The highest BCUT2D eigenvalue weighted by Crippen LogP contribution is 2.28. The quantitative estimate of drug-likeness (QED) is 0.697. The molecule has 0 saturated heterocycles. The Hall–Kier alpha value is -3.55. The van der Waals surface area contributed by atoms with Crippen LogP contribution in [0.25, 0.3) is 0 Å². The van der Waals surface area contributed by atoms with Gasteiger partial charge < -0.3 is 20.1 Å². The second-order valence-electron chi connectivity index (χ2n) is 7.25. The molecule has 0 heterocycles.